The number of hydrazine groups is 1. The summed E-state index contributed by atoms with van der Waals surface area (Å²) in [5.74, 6) is 1.67. The Morgan fingerprint density at radius 2 is 1.68 bits per heavy atom. The van der Waals surface area contributed by atoms with E-state index in [-0.39, 0.29) is 24.8 Å². The summed E-state index contributed by atoms with van der Waals surface area (Å²) in [4.78, 5) is 8.70. The van der Waals surface area contributed by atoms with Crippen LogP contribution in [0.5, 0.6) is 0 Å². The van der Waals surface area contributed by atoms with Gasteiger partial charge in [-0.1, -0.05) is 30.3 Å². The fraction of sp³-hybridized carbons (Fsp3) is 0.0769. The van der Waals surface area contributed by atoms with Gasteiger partial charge in [-0.25, -0.2) is 9.98 Å². The molecule has 100 valence electrons. The molecule has 0 amide bonds. The third-order valence-electron chi connectivity index (χ3n) is 2.58. The molecule has 0 radical (unpaired) electrons. The molecule has 2 aromatic rings. The van der Waals surface area contributed by atoms with Crippen LogP contribution in [0, 0.1) is 0 Å². The zero-order valence-electron chi connectivity index (χ0n) is 10.0. The Labute approximate surface area is 124 Å². The number of rotatable bonds is 2. The van der Waals surface area contributed by atoms with E-state index >= 15 is 0 Å². The molecule has 3 rings (SSSR count). The highest BCUT2D eigenvalue weighted by atomic mass is 35.5. The Morgan fingerprint density at radius 3 is 2.47 bits per heavy atom. The van der Waals surface area contributed by atoms with Gasteiger partial charge in [-0.05, 0) is 17.7 Å². The number of anilines is 1. The molecule has 0 saturated heterocycles. The summed E-state index contributed by atoms with van der Waals surface area (Å²) >= 11 is 0. The maximum absolute atomic E-state index is 4.52. The number of aliphatic imine (C=N–C) groups is 1. The Hall–Kier alpha value is -1.78. The van der Waals surface area contributed by atoms with Crippen molar-refractivity contribution in [2.75, 3.05) is 5.43 Å². The van der Waals surface area contributed by atoms with Gasteiger partial charge >= 0.3 is 0 Å². The van der Waals surface area contributed by atoms with Gasteiger partial charge in [0.05, 0.1) is 0 Å². The van der Waals surface area contributed by atoms with Crippen LogP contribution in [0.25, 0.3) is 0 Å². The third-order valence-corrected chi connectivity index (χ3v) is 2.58. The number of halogens is 2. The van der Waals surface area contributed by atoms with Crippen molar-refractivity contribution in [2.24, 2.45) is 4.99 Å². The number of amidine groups is 1. The molecule has 1 aliphatic rings. The first kappa shape index (κ1) is 15.3. The quantitative estimate of drug-likeness (QED) is 0.895. The van der Waals surface area contributed by atoms with Crippen molar-refractivity contribution in [2.45, 2.75) is 6.42 Å². The van der Waals surface area contributed by atoms with Gasteiger partial charge in [0.25, 0.3) is 0 Å². The van der Waals surface area contributed by atoms with Gasteiger partial charge in [-0.2, -0.15) is 0 Å². The number of nitrogens with one attached hydrogen (secondary N) is 2. The second kappa shape index (κ2) is 6.97. The minimum atomic E-state index is 0. The van der Waals surface area contributed by atoms with E-state index in [1.54, 1.807) is 6.20 Å². The van der Waals surface area contributed by atoms with Crippen molar-refractivity contribution in [1.82, 2.24) is 10.4 Å². The van der Waals surface area contributed by atoms with Crippen LogP contribution in [0.2, 0.25) is 0 Å². The zero-order chi connectivity index (χ0) is 11.5. The van der Waals surface area contributed by atoms with E-state index in [1.807, 2.05) is 30.3 Å². The molecule has 0 atom stereocenters. The monoisotopic (exact) mass is 296 g/mol. The number of fused-ring (bicyclic) bond motifs is 1. The van der Waals surface area contributed by atoms with Crippen molar-refractivity contribution < 1.29 is 0 Å². The number of aromatic nitrogens is 1. The second-order valence-corrected chi connectivity index (χ2v) is 3.84. The predicted molar refractivity (Wildman–Crippen MR) is 82.7 cm³/mol. The topological polar surface area (TPSA) is 49.3 Å². The lowest BCUT2D eigenvalue weighted by Gasteiger charge is -2.18. The summed E-state index contributed by atoms with van der Waals surface area (Å²) in [6.45, 7) is 0. The van der Waals surface area contributed by atoms with E-state index < -0.39 is 0 Å². The van der Waals surface area contributed by atoms with Crippen LogP contribution in [-0.2, 0) is 6.42 Å². The van der Waals surface area contributed by atoms with Crippen molar-refractivity contribution >= 4 is 42.2 Å². The van der Waals surface area contributed by atoms with Gasteiger partial charge in [-0.3, -0.25) is 10.9 Å². The molecule has 0 unspecified atom stereocenters. The zero-order valence-corrected chi connectivity index (χ0v) is 11.7. The lowest BCUT2D eigenvalue weighted by atomic mass is 10.1. The molecule has 2 heterocycles. The summed E-state index contributed by atoms with van der Waals surface area (Å²) < 4.78 is 0. The Morgan fingerprint density at radius 1 is 0.895 bits per heavy atom. The van der Waals surface area contributed by atoms with Gasteiger partial charge < -0.3 is 0 Å². The summed E-state index contributed by atoms with van der Waals surface area (Å²) in [5.41, 5.74) is 8.20. The molecule has 0 aliphatic carbocycles. The molecule has 6 heteroatoms. The smallest absolute Gasteiger partial charge is 0.170 e. The van der Waals surface area contributed by atoms with E-state index in [1.165, 1.54) is 5.56 Å². The van der Waals surface area contributed by atoms with Crippen molar-refractivity contribution in [1.29, 1.82) is 0 Å². The van der Waals surface area contributed by atoms with E-state index in [0.717, 1.165) is 23.8 Å². The molecule has 1 aromatic carbocycles. The lowest BCUT2D eigenvalue weighted by molar-refractivity contribution is 1.01. The molecule has 0 saturated carbocycles. The Balaban J connectivity index is 0.000000902. The third kappa shape index (κ3) is 3.59. The molecule has 4 nitrogen and oxygen atoms in total. The van der Waals surface area contributed by atoms with Gasteiger partial charge in [-0.15, -0.1) is 24.8 Å². The fourth-order valence-corrected chi connectivity index (χ4v) is 1.76. The average molecular weight is 297 g/mol. The number of nitrogens with zero attached hydrogens (tertiary/aromatic N) is 2. The van der Waals surface area contributed by atoms with E-state index in [0.29, 0.717) is 0 Å². The number of pyridine rings is 1. The van der Waals surface area contributed by atoms with Crippen LogP contribution in [0.15, 0.2) is 53.7 Å². The van der Waals surface area contributed by atoms with Crippen LogP contribution in [-0.4, -0.2) is 10.8 Å². The van der Waals surface area contributed by atoms with Crippen LogP contribution in [0.4, 0.5) is 11.5 Å². The molecular weight excluding hydrogens is 283 g/mol. The molecule has 2 N–H and O–H groups in total. The molecule has 19 heavy (non-hydrogen) atoms. The average Bonchev–Trinajstić information content (AvgIpc) is 2.40. The van der Waals surface area contributed by atoms with Crippen LogP contribution < -0.4 is 10.9 Å². The maximum Gasteiger partial charge on any atom is 0.170 e. The number of hydrogen-bond donors (Lipinski definition) is 2. The van der Waals surface area contributed by atoms with E-state index in [9.17, 15) is 0 Å². The highest BCUT2D eigenvalue weighted by Crippen LogP contribution is 2.23. The molecular formula is C13H14Cl2N4. The van der Waals surface area contributed by atoms with Crippen LogP contribution in [0.1, 0.15) is 5.56 Å². The number of hydrogen-bond acceptors (Lipinski definition) is 4. The minimum Gasteiger partial charge on any atom is -0.286 e. The van der Waals surface area contributed by atoms with Crippen molar-refractivity contribution in [3.63, 3.8) is 0 Å². The van der Waals surface area contributed by atoms with E-state index in [2.05, 4.69) is 33.0 Å². The normalized spacial score (nSPS) is 11.7. The van der Waals surface area contributed by atoms with Gasteiger partial charge in [0.1, 0.15) is 11.5 Å². The molecule has 0 bridgehead atoms. The first-order valence-corrected chi connectivity index (χ1v) is 5.50. The van der Waals surface area contributed by atoms with Crippen LogP contribution in [0.3, 0.4) is 0 Å². The fourth-order valence-electron chi connectivity index (χ4n) is 1.76. The summed E-state index contributed by atoms with van der Waals surface area (Å²) in [6.07, 6.45) is 2.52. The van der Waals surface area contributed by atoms with Crippen molar-refractivity contribution in [3.8, 4) is 0 Å². The number of benzene rings is 1. The summed E-state index contributed by atoms with van der Waals surface area (Å²) in [5, 5.41) is 0. The Bertz CT molecular complexity index is 558. The SMILES string of the molecule is Cl.Cl.c1ccc(CC2=Nc3cccnc3NN2)cc1. The highest BCUT2D eigenvalue weighted by Gasteiger charge is 2.10. The summed E-state index contributed by atoms with van der Waals surface area (Å²) in [6, 6.07) is 14.1. The maximum atomic E-state index is 4.52. The summed E-state index contributed by atoms with van der Waals surface area (Å²) in [7, 11) is 0. The highest BCUT2D eigenvalue weighted by molar-refractivity contribution is 5.91. The van der Waals surface area contributed by atoms with Gasteiger partial charge in [0, 0.05) is 12.6 Å². The van der Waals surface area contributed by atoms with Crippen LogP contribution >= 0.6 is 24.8 Å². The predicted octanol–water partition coefficient (Wildman–Crippen LogP) is 3.13. The second-order valence-electron chi connectivity index (χ2n) is 3.84. The van der Waals surface area contributed by atoms with Gasteiger partial charge in [0.15, 0.2) is 5.82 Å². The van der Waals surface area contributed by atoms with Crippen molar-refractivity contribution in [3.05, 3.63) is 54.2 Å². The largest absolute Gasteiger partial charge is 0.286 e. The first-order chi connectivity index (χ1) is 8.42. The minimum absolute atomic E-state index is 0. The lowest BCUT2D eigenvalue weighted by Crippen LogP contribution is -2.33. The molecule has 1 aliphatic heterocycles. The van der Waals surface area contributed by atoms with E-state index in [4.69, 9.17) is 0 Å². The van der Waals surface area contributed by atoms with Gasteiger partial charge in [0.2, 0.25) is 0 Å². The molecule has 0 fully saturated rings. The Kier molecular flexibility index (Phi) is 5.60. The molecule has 1 aromatic heterocycles. The first-order valence-electron chi connectivity index (χ1n) is 5.50. The molecule has 0 spiro atoms. The standard InChI is InChI=1S/C13H12N4.2ClH/c1-2-5-10(6-3-1)9-12-15-11-7-4-8-14-13(11)17-16-12;;/h1-8H,9H2,(H,14,17)(H,15,16);2*1H.